The monoisotopic (exact) mass is 199 g/mol. The predicted octanol–water partition coefficient (Wildman–Crippen LogP) is 2.12. The first-order valence-corrected chi connectivity index (χ1v) is 5.72. The van der Waals surface area contributed by atoms with Gasteiger partial charge in [0.05, 0.1) is 0 Å². The van der Waals surface area contributed by atoms with E-state index in [0.29, 0.717) is 0 Å². The third kappa shape index (κ3) is 3.29. The van der Waals surface area contributed by atoms with E-state index in [1.165, 1.54) is 12.8 Å². The van der Waals surface area contributed by atoms with Gasteiger partial charge in [-0.15, -0.1) is 0 Å². The third-order valence-corrected chi connectivity index (χ3v) is 2.93. The van der Waals surface area contributed by atoms with Crippen molar-refractivity contribution in [1.82, 2.24) is 4.90 Å². The van der Waals surface area contributed by atoms with Gasteiger partial charge >= 0.3 is 5.97 Å². The first-order valence-electron chi connectivity index (χ1n) is 5.72. The molecule has 0 aromatic carbocycles. The van der Waals surface area contributed by atoms with E-state index in [9.17, 15) is 4.79 Å². The van der Waals surface area contributed by atoms with Gasteiger partial charge in [0.25, 0.3) is 0 Å². The van der Waals surface area contributed by atoms with Crippen molar-refractivity contribution in [3.05, 3.63) is 0 Å². The Morgan fingerprint density at radius 2 is 1.86 bits per heavy atom. The number of likely N-dealkylation sites (tertiary alicyclic amines) is 1. The highest BCUT2D eigenvalue weighted by Crippen LogP contribution is 2.15. The van der Waals surface area contributed by atoms with E-state index < -0.39 is 5.97 Å². The Morgan fingerprint density at radius 1 is 1.29 bits per heavy atom. The molecule has 0 amide bonds. The minimum Gasteiger partial charge on any atom is -0.480 e. The van der Waals surface area contributed by atoms with Gasteiger partial charge in [-0.05, 0) is 32.4 Å². The second kappa shape index (κ2) is 6.02. The topological polar surface area (TPSA) is 40.5 Å². The van der Waals surface area contributed by atoms with E-state index in [4.69, 9.17) is 5.11 Å². The molecule has 1 rings (SSSR count). The number of rotatable bonds is 4. The lowest BCUT2D eigenvalue weighted by atomic mass is 10.1. The van der Waals surface area contributed by atoms with Gasteiger partial charge in [0.15, 0.2) is 0 Å². The van der Waals surface area contributed by atoms with Crippen molar-refractivity contribution in [3.63, 3.8) is 0 Å². The van der Waals surface area contributed by atoms with Crippen LogP contribution in [0.25, 0.3) is 0 Å². The highest BCUT2D eigenvalue weighted by atomic mass is 16.4. The summed E-state index contributed by atoms with van der Waals surface area (Å²) in [4.78, 5) is 13.2. The maximum Gasteiger partial charge on any atom is 0.320 e. The fourth-order valence-electron chi connectivity index (χ4n) is 2.14. The Morgan fingerprint density at radius 3 is 2.29 bits per heavy atom. The van der Waals surface area contributed by atoms with Crippen LogP contribution in [-0.2, 0) is 4.79 Å². The van der Waals surface area contributed by atoms with Gasteiger partial charge in [-0.2, -0.15) is 0 Å². The summed E-state index contributed by atoms with van der Waals surface area (Å²) in [5.74, 6) is -0.645. The molecule has 1 aliphatic rings. The van der Waals surface area contributed by atoms with Gasteiger partial charge in [0, 0.05) is 0 Å². The Kier molecular flexibility index (Phi) is 4.94. The van der Waals surface area contributed by atoms with Crippen molar-refractivity contribution >= 4 is 5.97 Å². The smallest absolute Gasteiger partial charge is 0.320 e. The van der Waals surface area contributed by atoms with Crippen LogP contribution in [0.3, 0.4) is 0 Å². The number of carbonyl (C=O) groups is 1. The zero-order valence-electron chi connectivity index (χ0n) is 9.04. The zero-order valence-corrected chi connectivity index (χ0v) is 9.04. The van der Waals surface area contributed by atoms with Crippen molar-refractivity contribution in [2.75, 3.05) is 13.1 Å². The van der Waals surface area contributed by atoms with Crippen LogP contribution in [0.2, 0.25) is 0 Å². The van der Waals surface area contributed by atoms with Crippen molar-refractivity contribution in [1.29, 1.82) is 0 Å². The molecule has 82 valence electrons. The van der Waals surface area contributed by atoms with Crippen LogP contribution in [0.1, 0.15) is 45.4 Å². The summed E-state index contributed by atoms with van der Waals surface area (Å²) < 4.78 is 0. The maximum absolute atomic E-state index is 11.1. The number of carboxylic acids is 1. The molecule has 0 aromatic heterocycles. The molecule has 1 aliphatic heterocycles. The summed E-state index contributed by atoms with van der Waals surface area (Å²) >= 11 is 0. The largest absolute Gasteiger partial charge is 0.480 e. The summed E-state index contributed by atoms with van der Waals surface area (Å²) in [6.45, 7) is 3.99. The number of aliphatic carboxylic acids is 1. The van der Waals surface area contributed by atoms with E-state index in [0.717, 1.165) is 38.8 Å². The SMILES string of the molecule is CCC[C@H](C(=O)O)N1CCCCCC1. The normalized spacial score (nSPS) is 21.5. The molecule has 14 heavy (non-hydrogen) atoms. The molecule has 0 unspecified atom stereocenters. The van der Waals surface area contributed by atoms with Crippen molar-refractivity contribution < 1.29 is 9.90 Å². The Bertz CT molecular complexity index is 174. The van der Waals surface area contributed by atoms with Crippen molar-refractivity contribution in [2.24, 2.45) is 0 Å². The first kappa shape index (κ1) is 11.5. The van der Waals surface area contributed by atoms with E-state index in [2.05, 4.69) is 4.90 Å². The van der Waals surface area contributed by atoms with Crippen LogP contribution in [0.5, 0.6) is 0 Å². The van der Waals surface area contributed by atoms with Gasteiger partial charge < -0.3 is 5.11 Å². The van der Waals surface area contributed by atoms with Crippen LogP contribution >= 0.6 is 0 Å². The molecule has 0 aromatic rings. The molecule has 0 saturated carbocycles. The van der Waals surface area contributed by atoms with Gasteiger partial charge in [-0.1, -0.05) is 26.2 Å². The molecule has 0 spiro atoms. The van der Waals surface area contributed by atoms with Crippen LogP contribution in [0, 0.1) is 0 Å². The first-order chi connectivity index (χ1) is 6.75. The van der Waals surface area contributed by atoms with E-state index in [-0.39, 0.29) is 6.04 Å². The average Bonchev–Trinajstić information content (AvgIpc) is 2.41. The van der Waals surface area contributed by atoms with Crippen LogP contribution in [0.4, 0.5) is 0 Å². The lowest BCUT2D eigenvalue weighted by molar-refractivity contribution is -0.143. The molecule has 1 fully saturated rings. The van der Waals surface area contributed by atoms with Crippen molar-refractivity contribution in [3.8, 4) is 0 Å². The highest BCUT2D eigenvalue weighted by Gasteiger charge is 2.24. The highest BCUT2D eigenvalue weighted by molar-refractivity contribution is 5.73. The molecule has 0 bridgehead atoms. The Balaban J connectivity index is 2.51. The summed E-state index contributed by atoms with van der Waals surface area (Å²) in [7, 11) is 0. The summed E-state index contributed by atoms with van der Waals surface area (Å²) in [5, 5.41) is 9.11. The second-order valence-corrected chi connectivity index (χ2v) is 4.09. The fourth-order valence-corrected chi connectivity index (χ4v) is 2.14. The van der Waals surface area contributed by atoms with Gasteiger partial charge in [0.2, 0.25) is 0 Å². The maximum atomic E-state index is 11.1. The number of carboxylic acid groups (broad SMARTS) is 1. The van der Waals surface area contributed by atoms with E-state index >= 15 is 0 Å². The molecule has 1 heterocycles. The van der Waals surface area contributed by atoms with E-state index in [1.54, 1.807) is 0 Å². The average molecular weight is 199 g/mol. The van der Waals surface area contributed by atoms with Gasteiger partial charge in [0.1, 0.15) is 6.04 Å². The molecular weight excluding hydrogens is 178 g/mol. The zero-order chi connectivity index (χ0) is 10.4. The lowest BCUT2D eigenvalue weighted by Gasteiger charge is -2.26. The molecule has 1 saturated heterocycles. The van der Waals surface area contributed by atoms with E-state index in [1.807, 2.05) is 6.92 Å². The summed E-state index contributed by atoms with van der Waals surface area (Å²) in [5.41, 5.74) is 0. The van der Waals surface area contributed by atoms with Gasteiger partial charge in [-0.3, -0.25) is 9.69 Å². The quantitative estimate of drug-likeness (QED) is 0.754. The number of hydrogen-bond donors (Lipinski definition) is 1. The predicted molar refractivity (Wildman–Crippen MR) is 56.4 cm³/mol. The van der Waals surface area contributed by atoms with Crippen LogP contribution < -0.4 is 0 Å². The Labute approximate surface area is 86.1 Å². The van der Waals surface area contributed by atoms with Gasteiger partial charge in [-0.25, -0.2) is 0 Å². The summed E-state index contributed by atoms with van der Waals surface area (Å²) in [6, 6.07) is -0.238. The van der Waals surface area contributed by atoms with Crippen LogP contribution in [0.15, 0.2) is 0 Å². The lowest BCUT2D eigenvalue weighted by Crippen LogP contribution is -2.41. The summed E-state index contributed by atoms with van der Waals surface area (Å²) in [6.07, 6.45) is 6.58. The van der Waals surface area contributed by atoms with Crippen molar-refractivity contribution in [2.45, 2.75) is 51.5 Å². The minimum absolute atomic E-state index is 0.238. The number of nitrogens with zero attached hydrogens (tertiary/aromatic N) is 1. The second-order valence-electron chi connectivity index (χ2n) is 4.09. The van der Waals surface area contributed by atoms with Crippen LogP contribution in [-0.4, -0.2) is 35.1 Å². The molecular formula is C11H21NO2. The Hall–Kier alpha value is -0.570. The molecule has 0 aliphatic carbocycles. The third-order valence-electron chi connectivity index (χ3n) is 2.93. The minimum atomic E-state index is -0.645. The fraction of sp³-hybridized carbons (Fsp3) is 0.909. The standard InChI is InChI=1S/C11H21NO2/c1-2-7-10(11(13)14)12-8-5-3-4-6-9-12/h10H,2-9H2,1H3,(H,13,14)/t10-/m1/s1. The molecule has 3 heteroatoms. The molecule has 1 atom stereocenters. The molecule has 3 nitrogen and oxygen atoms in total. The molecule has 0 radical (unpaired) electrons. The molecule has 1 N–H and O–H groups in total. The number of hydrogen-bond acceptors (Lipinski definition) is 2.